The first-order valence-corrected chi connectivity index (χ1v) is 8.23. The molecule has 6 heteroatoms. The highest BCUT2D eigenvalue weighted by molar-refractivity contribution is 5.94. The Morgan fingerprint density at radius 2 is 1.92 bits per heavy atom. The van der Waals surface area contributed by atoms with E-state index in [0.717, 1.165) is 43.7 Å². The molecule has 1 fully saturated rings. The number of nitrogens with zero attached hydrogens (tertiary/aromatic N) is 2. The van der Waals surface area contributed by atoms with Crippen molar-refractivity contribution in [2.75, 3.05) is 20.2 Å². The number of benzene rings is 1. The van der Waals surface area contributed by atoms with Crippen LogP contribution in [0.1, 0.15) is 48.4 Å². The van der Waals surface area contributed by atoms with Crippen LogP contribution in [0, 0.1) is 0 Å². The Morgan fingerprint density at radius 3 is 2.50 bits per heavy atom. The molecule has 1 aromatic heterocycles. The summed E-state index contributed by atoms with van der Waals surface area (Å²) in [6, 6.07) is 7.28. The first-order chi connectivity index (χ1) is 11.6. The Bertz CT molecular complexity index is 700. The largest absolute Gasteiger partial charge is 0.497 e. The van der Waals surface area contributed by atoms with Crippen LogP contribution in [0.4, 0.5) is 0 Å². The second-order valence-corrected chi connectivity index (χ2v) is 6.03. The van der Waals surface area contributed by atoms with Gasteiger partial charge in [0.25, 0.3) is 5.91 Å². The summed E-state index contributed by atoms with van der Waals surface area (Å²) in [7, 11) is 1.60. The average Bonchev–Trinajstić information content (AvgIpc) is 3.07. The van der Waals surface area contributed by atoms with Crippen molar-refractivity contribution in [2.45, 2.75) is 32.3 Å². The first-order valence-electron chi connectivity index (χ1n) is 8.23. The van der Waals surface area contributed by atoms with E-state index in [4.69, 9.17) is 9.26 Å². The van der Waals surface area contributed by atoms with E-state index in [2.05, 4.69) is 5.16 Å². The van der Waals surface area contributed by atoms with E-state index in [-0.39, 0.29) is 11.7 Å². The van der Waals surface area contributed by atoms with Crippen molar-refractivity contribution in [3.63, 3.8) is 0 Å². The van der Waals surface area contributed by atoms with Gasteiger partial charge in [0.05, 0.1) is 18.8 Å². The van der Waals surface area contributed by atoms with Crippen molar-refractivity contribution in [3.05, 3.63) is 35.6 Å². The van der Waals surface area contributed by atoms with Crippen molar-refractivity contribution in [1.82, 2.24) is 10.1 Å². The number of aromatic nitrogens is 1. The van der Waals surface area contributed by atoms with Crippen LogP contribution in [0.5, 0.6) is 5.75 Å². The third-order valence-corrected chi connectivity index (χ3v) is 4.35. The Balaban J connectivity index is 1.96. The van der Waals surface area contributed by atoms with Crippen molar-refractivity contribution >= 4 is 5.91 Å². The minimum absolute atomic E-state index is 0.137. The second-order valence-electron chi connectivity index (χ2n) is 6.03. The number of carbonyl (C=O) groups excluding carboxylic acids is 1. The van der Waals surface area contributed by atoms with Gasteiger partial charge in [-0.15, -0.1) is 0 Å². The molecule has 0 spiro atoms. The summed E-state index contributed by atoms with van der Waals surface area (Å²) < 4.78 is 10.5. The molecule has 0 saturated carbocycles. The molecular weight excluding hydrogens is 308 g/mol. The number of methoxy groups -OCH3 is 1. The molecule has 1 aliphatic rings. The topological polar surface area (TPSA) is 75.8 Å². The van der Waals surface area contributed by atoms with E-state index >= 15 is 0 Å². The summed E-state index contributed by atoms with van der Waals surface area (Å²) >= 11 is 0. The molecule has 0 radical (unpaired) electrons. The van der Waals surface area contributed by atoms with Gasteiger partial charge in [-0.3, -0.25) is 4.79 Å². The molecule has 1 aliphatic heterocycles. The van der Waals surface area contributed by atoms with Gasteiger partial charge in [-0.25, -0.2) is 0 Å². The zero-order valence-corrected chi connectivity index (χ0v) is 14.0. The van der Waals surface area contributed by atoms with Crippen LogP contribution in [0.25, 0.3) is 11.3 Å². The number of hydrogen-bond acceptors (Lipinski definition) is 5. The number of aliphatic hydroxyl groups excluding tert-OH is 1. The van der Waals surface area contributed by atoms with Crippen LogP contribution in [0.2, 0.25) is 0 Å². The fourth-order valence-electron chi connectivity index (χ4n) is 3.04. The number of aliphatic hydroxyl groups is 1. The van der Waals surface area contributed by atoms with Crippen LogP contribution in [0.15, 0.2) is 28.8 Å². The highest BCUT2D eigenvalue weighted by Gasteiger charge is 2.30. The summed E-state index contributed by atoms with van der Waals surface area (Å²) in [5.41, 5.74) is 1.71. The molecule has 2 aromatic rings. The van der Waals surface area contributed by atoms with Crippen molar-refractivity contribution < 1.29 is 19.2 Å². The molecule has 0 bridgehead atoms. The van der Waals surface area contributed by atoms with Crippen LogP contribution >= 0.6 is 0 Å². The summed E-state index contributed by atoms with van der Waals surface area (Å²) in [4.78, 5) is 14.5. The summed E-state index contributed by atoms with van der Waals surface area (Å²) in [5, 5.41) is 14.2. The van der Waals surface area contributed by atoms with Gasteiger partial charge >= 0.3 is 0 Å². The maximum absolute atomic E-state index is 12.7. The lowest BCUT2D eigenvalue weighted by Gasteiger charge is -2.26. The lowest BCUT2D eigenvalue weighted by molar-refractivity contribution is 0.0674. The van der Waals surface area contributed by atoms with E-state index in [0.29, 0.717) is 11.3 Å². The normalized spacial score (nSPS) is 16.0. The smallest absolute Gasteiger partial charge is 0.292 e. The zero-order chi connectivity index (χ0) is 17.1. The van der Waals surface area contributed by atoms with Gasteiger partial charge in [0.1, 0.15) is 11.4 Å². The Kier molecular flexibility index (Phi) is 4.85. The summed E-state index contributed by atoms with van der Waals surface area (Å²) in [5.74, 6) is 0.668. The average molecular weight is 330 g/mol. The van der Waals surface area contributed by atoms with E-state index in [9.17, 15) is 9.90 Å². The Labute approximate surface area is 141 Å². The first kappa shape index (κ1) is 16.5. The molecule has 1 unspecified atom stereocenters. The van der Waals surface area contributed by atoms with Crippen LogP contribution in [-0.4, -0.2) is 41.3 Å². The van der Waals surface area contributed by atoms with Gasteiger partial charge in [-0.2, -0.15) is 0 Å². The molecule has 1 saturated heterocycles. The van der Waals surface area contributed by atoms with Gasteiger partial charge in [-0.05, 0) is 50.5 Å². The van der Waals surface area contributed by atoms with Crippen molar-refractivity contribution in [3.8, 4) is 17.0 Å². The van der Waals surface area contributed by atoms with Crippen LogP contribution in [-0.2, 0) is 0 Å². The molecule has 1 N–H and O–H groups in total. The van der Waals surface area contributed by atoms with Gasteiger partial charge in [-0.1, -0.05) is 5.16 Å². The molecular formula is C18H22N2O4. The third-order valence-electron chi connectivity index (χ3n) is 4.35. The van der Waals surface area contributed by atoms with E-state index in [1.807, 2.05) is 24.3 Å². The number of hydrogen-bond donors (Lipinski definition) is 1. The number of piperidine rings is 1. The van der Waals surface area contributed by atoms with Gasteiger partial charge in [0.2, 0.25) is 5.76 Å². The van der Waals surface area contributed by atoms with Gasteiger partial charge in [0, 0.05) is 18.7 Å². The van der Waals surface area contributed by atoms with Gasteiger partial charge in [0.15, 0.2) is 0 Å². The SMILES string of the molecule is COc1ccc(-c2noc(C(=O)N3CCCCC3)c2C(C)O)cc1. The minimum atomic E-state index is -0.850. The maximum atomic E-state index is 12.7. The molecule has 24 heavy (non-hydrogen) atoms. The summed E-state index contributed by atoms with van der Waals surface area (Å²) in [6.45, 7) is 3.06. The monoisotopic (exact) mass is 330 g/mol. The Morgan fingerprint density at radius 1 is 1.25 bits per heavy atom. The molecule has 0 aliphatic carbocycles. The molecule has 1 aromatic carbocycles. The molecule has 2 heterocycles. The van der Waals surface area contributed by atoms with Crippen molar-refractivity contribution in [1.29, 1.82) is 0 Å². The zero-order valence-electron chi connectivity index (χ0n) is 14.0. The lowest BCUT2D eigenvalue weighted by atomic mass is 10.0. The maximum Gasteiger partial charge on any atom is 0.292 e. The lowest BCUT2D eigenvalue weighted by Crippen LogP contribution is -2.36. The minimum Gasteiger partial charge on any atom is -0.497 e. The quantitative estimate of drug-likeness (QED) is 0.932. The number of rotatable bonds is 4. The van der Waals surface area contributed by atoms with E-state index < -0.39 is 6.10 Å². The number of carbonyl (C=O) groups is 1. The third kappa shape index (κ3) is 3.14. The number of ether oxygens (including phenoxy) is 1. The fourth-order valence-corrected chi connectivity index (χ4v) is 3.04. The molecule has 128 valence electrons. The molecule has 6 nitrogen and oxygen atoms in total. The van der Waals surface area contributed by atoms with Crippen LogP contribution in [0.3, 0.4) is 0 Å². The molecule has 3 rings (SSSR count). The predicted molar refractivity (Wildman–Crippen MR) is 88.9 cm³/mol. The predicted octanol–water partition coefficient (Wildman–Crippen LogP) is 3.03. The standard InChI is InChI=1S/C18H22N2O4/c1-12(21)15-16(13-6-8-14(23-2)9-7-13)19-24-17(15)18(22)20-10-4-3-5-11-20/h6-9,12,21H,3-5,10-11H2,1-2H3. The molecule has 1 atom stereocenters. The van der Waals surface area contributed by atoms with Gasteiger partial charge < -0.3 is 19.3 Å². The number of likely N-dealkylation sites (tertiary alicyclic amines) is 1. The molecule has 1 amide bonds. The van der Waals surface area contributed by atoms with Crippen molar-refractivity contribution in [2.24, 2.45) is 0 Å². The van der Waals surface area contributed by atoms with E-state index in [1.165, 1.54) is 0 Å². The Hall–Kier alpha value is -2.34. The van der Waals surface area contributed by atoms with E-state index in [1.54, 1.807) is 18.9 Å². The highest BCUT2D eigenvalue weighted by Crippen LogP contribution is 2.32. The summed E-state index contributed by atoms with van der Waals surface area (Å²) in [6.07, 6.45) is 2.28. The number of amides is 1. The fraction of sp³-hybridized carbons (Fsp3) is 0.444. The highest BCUT2D eigenvalue weighted by atomic mass is 16.5. The second kappa shape index (κ2) is 7.05. The van der Waals surface area contributed by atoms with Crippen LogP contribution < -0.4 is 4.74 Å².